The number of hydrogen-bond donors (Lipinski definition) is 0. The van der Waals surface area contributed by atoms with E-state index in [9.17, 15) is 4.39 Å². The highest BCUT2D eigenvalue weighted by Crippen LogP contribution is 2.30. The zero-order valence-corrected chi connectivity index (χ0v) is 9.84. The van der Waals surface area contributed by atoms with Gasteiger partial charge in [-0.1, -0.05) is 48.0 Å². The Bertz CT molecular complexity index is 483. The van der Waals surface area contributed by atoms with Crippen LogP contribution in [-0.4, -0.2) is 0 Å². The van der Waals surface area contributed by atoms with Crippen LogP contribution in [-0.2, 0) is 0 Å². The highest BCUT2D eigenvalue weighted by Gasteiger charge is 2.12. The lowest BCUT2D eigenvalue weighted by molar-refractivity contribution is 0.626. The number of benzene rings is 2. The van der Waals surface area contributed by atoms with Crippen molar-refractivity contribution in [1.82, 2.24) is 0 Å². The standard InChI is InChI=1S/C13H9Cl2F/c14-11-7-6-10(8-12(11)16)13(15)9-4-2-1-3-5-9/h1-8,13H. The van der Waals surface area contributed by atoms with Gasteiger partial charge in [-0.3, -0.25) is 0 Å². The second kappa shape index (κ2) is 4.86. The van der Waals surface area contributed by atoms with Crippen LogP contribution >= 0.6 is 23.2 Å². The van der Waals surface area contributed by atoms with Crippen molar-refractivity contribution in [2.24, 2.45) is 0 Å². The summed E-state index contributed by atoms with van der Waals surface area (Å²) in [5, 5.41) is -0.242. The topological polar surface area (TPSA) is 0 Å². The Labute approximate surface area is 104 Å². The van der Waals surface area contributed by atoms with E-state index in [2.05, 4.69) is 0 Å². The molecular formula is C13H9Cl2F. The molecule has 3 heteroatoms. The average molecular weight is 255 g/mol. The van der Waals surface area contributed by atoms with Crippen molar-refractivity contribution in [3.05, 3.63) is 70.5 Å². The molecule has 2 rings (SSSR count). The first-order valence-corrected chi connectivity index (χ1v) is 5.64. The van der Waals surface area contributed by atoms with Crippen LogP contribution in [0.2, 0.25) is 5.02 Å². The Kier molecular flexibility index (Phi) is 3.47. The van der Waals surface area contributed by atoms with Crippen LogP contribution < -0.4 is 0 Å². The maximum absolute atomic E-state index is 13.3. The van der Waals surface area contributed by atoms with E-state index in [4.69, 9.17) is 23.2 Å². The number of halogens is 3. The molecule has 0 heterocycles. The van der Waals surface area contributed by atoms with Crippen LogP contribution in [0.5, 0.6) is 0 Å². The number of alkyl halides is 1. The lowest BCUT2D eigenvalue weighted by Crippen LogP contribution is -1.93. The molecule has 0 nitrogen and oxygen atoms in total. The van der Waals surface area contributed by atoms with Gasteiger partial charge in [0.25, 0.3) is 0 Å². The summed E-state index contributed by atoms with van der Waals surface area (Å²) in [7, 11) is 0. The van der Waals surface area contributed by atoms with Gasteiger partial charge in [-0.2, -0.15) is 0 Å². The molecule has 0 amide bonds. The molecule has 0 spiro atoms. The van der Waals surface area contributed by atoms with Crippen molar-refractivity contribution < 1.29 is 4.39 Å². The van der Waals surface area contributed by atoms with Gasteiger partial charge in [0.2, 0.25) is 0 Å². The number of hydrogen-bond acceptors (Lipinski definition) is 0. The Balaban J connectivity index is 2.34. The van der Waals surface area contributed by atoms with Crippen molar-refractivity contribution in [3.8, 4) is 0 Å². The van der Waals surface area contributed by atoms with Gasteiger partial charge >= 0.3 is 0 Å². The zero-order valence-electron chi connectivity index (χ0n) is 8.33. The van der Waals surface area contributed by atoms with E-state index in [-0.39, 0.29) is 10.4 Å². The fourth-order valence-corrected chi connectivity index (χ4v) is 1.88. The Morgan fingerprint density at radius 2 is 1.62 bits per heavy atom. The highest BCUT2D eigenvalue weighted by atomic mass is 35.5. The Morgan fingerprint density at radius 3 is 2.25 bits per heavy atom. The van der Waals surface area contributed by atoms with Crippen LogP contribution in [0.15, 0.2) is 48.5 Å². The molecule has 0 radical (unpaired) electrons. The average Bonchev–Trinajstić information content (AvgIpc) is 2.33. The lowest BCUT2D eigenvalue weighted by Gasteiger charge is -2.10. The second-order valence-electron chi connectivity index (χ2n) is 3.45. The van der Waals surface area contributed by atoms with Gasteiger partial charge in [0.1, 0.15) is 5.82 Å². The molecule has 82 valence electrons. The molecule has 0 bridgehead atoms. The molecule has 0 fully saturated rings. The van der Waals surface area contributed by atoms with Gasteiger partial charge in [-0.15, -0.1) is 11.6 Å². The van der Waals surface area contributed by atoms with Gasteiger partial charge in [0.05, 0.1) is 10.4 Å². The summed E-state index contributed by atoms with van der Waals surface area (Å²) in [6, 6.07) is 14.1. The Morgan fingerprint density at radius 1 is 0.938 bits per heavy atom. The van der Waals surface area contributed by atoms with E-state index in [1.54, 1.807) is 6.07 Å². The van der Waals surface area contributed by atoms with E-state index < -0.39 is 5.82 Å². The summed E-state index contributed by atoms with van der Waals surface area (Å²) in [6.07, 6.45) is 0. The summed E-state index contributed by atoms with van der Waals surface area (Å²) in [5.41, 5.74) is 1.64. The van der Waals surface area contributed by atoms with Crippen LogP contribution in [0.4, 0.5) is 4.39 Å². The molecular weight excluding hydrogens is 246 g/mol. The van der Waals surface area contributed by atoms with Gasteiger partial charge in [0.15, 0.2) is 0 Å². The van der Waals surface area contributed by atoms with Crippen molar-refractivity contribution in [3.63, 3.8) is 0 Å². The molecule has 0 aromatic heterocycles. The molecule has 16 heavy (non-hydrogen) atoms. The zero-order chi connectivity index (χ0) is 11.5. The maximum Gasteiger partial charge on any atom is 0.142 e. The van der Waals surface area contributed by atoms with E-state index in [0.717, 1.165) is 5.56 Å². The van der Waals surface area contributed by atoms with Crippen LogP contribution in [0.1, 0.15) is 16.5 Å². The van der Waals surface area contributed by atoms with E-state index in [1.165, 1.54) is 12.1 Å². The predicted molar refractivity (Wildman–Crippen MR) is 65.5 cm³/mol. The van der Waals surface area contributed by atoms with Crippen LogP contribution in [0.25, 0.3) is 0 Å². The first kappa shape index (κ1) is 11.4. The van der Waals surface area contributed by atoms with E-state index in [1.807, 2.05) is 30.3 Å². The number of rotatable bonds is 2. The van der Waals surface area contributed by atoms with E-state index >= 15 is 0 Å². The molecule has 0 saturated carbocycles. The molecule has 1 atom stereocenters. The maximum atomic E-state index is 13.3. The normalized spacial score (nSPS) is 12.4. The molecule has 2 aromatic carbocycles. The highest BCUT2D eigenvalue weighted by molar-refractivity contribution is 6.30. The fraction of sp³-hybridized carbons (Fsp3) is 0.0769. The molecule has 0 N–H and O–H groups in total. The molecule has 0 aliphatic carbocycles. The largest absolute Gasteiger partial charge is 0.205 e. The van der Waals surface area contributed by atoms with Crippen molar-refractivity contribution in [2.75, 3.05) is 0 Å². The van der Waals surface area contributed by atoms with E-state index in [0.29, 0.717) is 5.56 Å². The third-order valence-corrected chi connectivity index (χ3v) is 3.14. The summed E-state index contributed by atoms with van der Waals surface area (Å²) in [6.45, 7) is 0. The summed E-state index contributed by atoms with van der Waals surface area (Å²) in [4.78, 5) is 0. The molecule has 0 aliphatic heterocycles. The minimum Gasteiger partial charge on any atom is -0.205 e. The molecule has 0 aliphatic rings. The van der Waals surface area contributed by atoms with Crippen molar-refractivity contribution in [2.45, 2.75) is 5.38 Å². The smallest absolute Gasteiger partial charge is 0.142 e. The third kappa shape index (κ3) is 2.37. The SMILES string of the molecule is Fc1cc(C(Cl)c2ccccc2)ccc1Cl. The monoisotopic (exact) mass is 254 g/mol. The van der Waals surface area contributed by atoms with Gasteiger partial charge < -0.3 is 0 Å². The minimum atomic E-state index is -0.444. The van der Waals surface area contributed by atoms with Crippen LogP contribution in [0, 0.1) is 5.82 Å². The lowest BCUT2D eigenvalue weighted by atomic mass is 10.0. The van der Waals surface area contributed by atoms with Crippen molar-refractivity contribution in [1.29, 1.82) is 0 Å². The first-order valence-electron chi connectivity index (χ1n) is 4.82. The predicted octanol–water partition coefficient (Wildman–Crippen LogP) is 4.81. The summed E-state index contributed by atoms with van der Waals surface area (Å²) in [5.74, 6) is -0.444. The third-order valence-electron chi connectivity index (χ3n) is 2.33. The first-order chi connectivity index (χ1) is 7.68. The summed E-state index contributed by atoms with van der Waals surface area (Å²) < 4.78 is 13.3. The van der Waals surface area contributed by atoms with Gasteiger partial charge in [0, 0.05) is 0 Å². The Hall–Kier alpha value is -1.05. The summed E-state index contributed by atoms with van der Waals surface area (Å²) >= 11 is 11.9. The van der Waals surface area contributed by atoms with Crippen LogP contribution in [0.3, 0.4) is 0 Å². The second-order valence-corrected chi connectivity index (χ2v) is 4.29. The quantitative estimate of drug-likeness (QED) is 0.675. The molecule has 2 aromatic rings. The molecule has 0 saturated heterocycles. The fourth-order valence-electron chi connectivity index (χ4n) is 1.48. The van der Waals surface area contributed by atoms with Gasteiger partial charge in [-0.25, -0.2) is 4.39 Å². The molecule has 1 unspecified atom stereocenters. The minimum absolute atomic E-state index is 0.112. The van der Waals surface area contributed by atoms with Gasteiger partial charge in [-0.05, 0) is 23.3 Å². The van der Waals surface area contributed by atoms with Crippen molar-refractivity contribution >= 4 is 23.2 Å².